The standard InChI is InChI=1S/C25H37N3O2/c1-19-11-14-27(15-12-19)25(30)24-22-10-6-5-9-21(22)13-16-28(24)18-23(29)26-17-20-7-3-2-4-8-20/h5-6,9-10,19-20,24H,2-4,7-8,11-18H2,1H3,(H,26,29). The van der Waals surface area contributed by atoms with Crippen LogP contribution in [0.5, 0.6) is 0 Å². The first-order chi connectivity index (χ1) is 14.6. The summed E-state index contributed by atoms with van der Waals surface area (Å²) in [6, 6.07) is 7.95. The first-order valence-corrected chi connectivity index (χ1v) is 12.0. The van der Waals surface area contributed by atoms with E-state index in [0.717, 1.165) is 51.0 Å². The van der Waals surface area contributed by atoms with Crippen LogP contribution >= 0.6 is 0 Å². The van der Waals surface area contributed by atoms with Gasteiger partial charge >= 0.3 is 0 Å². The van der Waals surface area contributed by atoms with Gasteiger partial charge in [-0.1, -0.05) is 50.5 Å². The maximum atomic E-state index is 13.6. The highest BCUT2D eigenvalue weighted by molar-refractivity contribution is 5.85. The normalized spacial score (nSPS) is 23.8. The molecule has 1 unspecified atom stereocenters. The van der Waals surface area contributed by atoms with Crippen molar-refractivity contribution in [3.8, 4) is 0 Å². The van der Waals surface area contributed by atoms with Gasteiger partial charge in [0.1, 0.15) is 6.04 Å². The van der Waals surface area contributed by atoms with Crippen LogP contribution in [0.3, 0.4) is 0 Å². The van der Waals surface area contributed by atoms with E-state index < -0.39 is 0 Å². The molecule has 2 fully saturated rings. The van der Waals surface area contributed by atoms with E-state index in [4.69, 9.17) is 0 Å². The zero-order valence-corrected chi connectivity index (χ0v) is 18.4. The van der Waals surface area contributed by atoms with Gasteiger partial charge in [-0.25, -0.2) is 0 Å². The molecule has 2 amide bonds. The molecule has 1 N–H and O–H groups in total. The van der Waals surface area contributed by atoms with Crippen LogP contribution in [0.25, 0.3) is 0 Å². The van der Waals surface area contributed by atoms with Crippen LogP contribution < -0.4 is 5.32 Å². The Morgan fingerprint density at radius 2 is 1.73 bits per heavy atom. The highest BCUT2D eigenvalue weighted by Crippen LogP contribution is 2.32. The third-order valence-corrected chi connectivity index (χ3v) is 7.37. The second-order valence-corrected chi connectivity index (χ2v) is 9.64. The van der Waals surface area contributed by atoms with Crippen LogP contribution in [-0.2, 0) is 16.0 Å². The molecule has 3 aliphatic rings. The van der Waals surface area contributed by atoms with Crippen molar-refractivity contribution in [2.75, 3.05) is 32.7 Å². The largest absolute Gasteiger partial charge is 0.355 e. The monoisotopic (exact) mass is 411 g/mol. The number of amides is 2. The molecule has 0 aromatic heterocycles. The van der Waals surface area contributed by atoms with Gasteiger partial charge in [0.25, 0.3) is 0 Å². The zero-order chi connectivity index (χ0) is 20.9. The minimum absolute atomic E-state index is 0.0602. The summed E-state index contributed by atoms with van der Waals surface area (Å²) in [5.41, 5.74) is 2.34. The molecule has 0 bridgehead atoms. The fourth-order valence-electron chi connectivity index (χ4n) is 5.37. The van der Waals surface area contributed by atoms with Gasteiger partial charge in [0, 0.05) is 26.2 Å². The minimum atomic E-state index is -0.330. The van der Waals surface area contributed by atoms with Gasteiger partial charge in [-0.15, -0.1) is 0 Å². The van der Waals surface area contributed by atoms with Gasteiger partial charge in [-0.05, 0) is 55.1 Å². The van der Waals surface area contributed by atoms with E-state index in [9.17, 15) is 9.59 Å². The molecule has 1 aromatic carbocycles. The van der Waals surface area contributed by atoms with Crippen molar-refractivity contribution < 1.29 is 9.59 Å². The molecule has 5 nitrogen and oxygen atoms in total. The molecule has 5 heteroatoms. The van der Waals surface area contributed by atoms with Crippen molar-refractivity contribution in [3.63, 3.8) is 0 Å². The summed E-state index contributed by atoms with van der Waals surface area (Å²) in [5, 5.41) is 3.16. The molecule has 0 radical (unpaired) electrons. The van der Waals surface area contributed by atoms with Crippen molar-refractivity contribution >= 4 is 11.8 Å². The Bertz CT molecular complexity index is 736. The molecule has 164 valence electrons. The number of carbonyl (C=O) groups is 2. The van der Waals surface area contributed by atoms with Gasteiger partial charge in [0.2, 0.25) is 11.8 Å². The Balaban J connectivity index is 1.44. The van der Waals surface area contributed by atoms with E-state index in [1.165, 1.54) is 37.7 Å². The molecule has 1 saturated heterocycles. The first kappa shape index (κ1) is 21.4. The van der Waals surface area contributed by atoms with Gasteiger partial charge in [-0.3, -0.25) is 14.5 Å². The lowest BCUT2D eigenvalue weighted by Gasteiger charge is -2.40. The predicted molar refractivity (Wildman–Crippen MR) is 119 cm³/mol. The summed E-state index contributed by atoms with van der Waals surface area (Å²) in [6.07, 6.45) is 9.40. The molecular formula is C25H37N3O2. The third kappa shape index (κ3) is 5.05. The zero-order valence-electron chi connectivity index (χ0n) is 18.4. The van der Waals surface area contributed by atoms with Crippen LogP contribution in [0.4, 0.5) is 0 Å². The van der Waals surface area contributed by atoms with E-state index in [2.05, 4.69) is 35.3 Å². The number of fused-ring (bicyclic) bond motifs is 1. The lowest BCUT2D eigenvalue weighted by Crippen LogP contribution is -2.51. The Kier molecular flexibility index (Phi) is 7.08. The maximum Gasteiger partial charge on any atom is 0.244 e. The van der Waals surface area contributed by atoms with Gasteiger partial charge in [-0.2, -0.15) is 0 Å². The van der Waals surface area contributed by atoms with Crippen molar-refractivity contribution in [1.82, 2.24) is 15.1 Å². The number of likely N-dealkylation sites (tertiary alicyclic amines) is 1. The number of rotatable bonds is 5. The second kappa shape index (κ2) is 9.95. The van der Waals surface area contributed by atoms with E-state index in [0.29, 0.717) is 18.4 Å². The van der Waals surface area contributed by atoms with E-state index in [1.807, 2.05) is 11.0 Å². The van der Waals surface area contributed by atoms with E-state index in [-0.39, 0.29) is 17.9 Å². The second-order valence-electron chi connectivity index (χ2n) is 9.64. The summed E-state index contributed by atoms with van der Waals surface area (Å²) < 4.78 is 0. The van der Waals surface area contributed by atoms with Gasteiger partial charge < -0.3 is 10.2 Å². The number of hydrogen-bond acceptors (Lipinski definition) is 3. The number of carbonyl (C=O) groups excluding carboxylic acids is 2. The Morgan fingerprint density at radius 3 is 2.50 bits per heavy atom. The highest BCUT2D eigenvalue weighted by Gasteiger charge is 2.37. The SMILES string of the molecule is CC1CCN(C(=O)C2c3ccccc3CCN2CC(=O)NCC2CCCCC2)CC1. The minimum Gasteiger partial charge on any atom is -0.355 e. The highest BCUT2D eigenvalue weighted by atomic mass is 16.2. The van der Waals surface area contributed by atoms with Crippen LogP contribution in [-0.4, -0.2) is 54.3 Å². The van der Waals surface area contributed by atoms with Crippen molar-refractivity contribution in [1.29, 1.82) is 0 Å². The molecule has 2 aliphatic heterocycles. The molecular weight excluding hydrogens is 374 g/mol. The van der Waals surface area contributed by atoms with Crippen molar-refractivity contribution in [2.45, 2.75) is 64.3 Å². The summed E-state index contributed by atoms with van der Waals surface area (Å²) in [5.74, 6) is 1.55. The molecule has 0 spiro atoms. The van der Waals surface area contributed by atoms with E-state index >= 15 is 0 Å². The van der Waals surface area contributed by atoms with Crippen molar-refractivity contribution in [3.05, 3.63) is 35.4 Å². The van der Waals surface area contributed by atoms with E-state index in [1.54, 1.807) is 0 Å². The number of hydrogen-bond donors (Lipinski definition) is 1. The number of benzene rings is 1. The maximum absolute atomic E-state index is 13.6. The summed E-state index contributed by atoms with van der Waals surface area (Å²) in [4.78, 5) is 30.5. The molecule has 1 aliphatic carbocycles. The lowest BCUT2D eigenvalue weighted by atomic mass is 9.89. The number of piperidine rings is 1. The quantitative estimate of drug-likeness (QED) is 0.806. The van der Waals surface area contributed by atoms with Crippen LogP contribution in [0.1, 0.15) is 69.0 Å². The topological polar surface area (TPSA) is 52.7 Å². The fraction of sp³-hybridized carbons (Fsp3) is 0.680. The Morgan fingerprint density at radius 1 is 1.00 bits per heavy atom. The average molecular weight is 412 g/mol. The molecule has 30 heavy (non-hydrogen) atoms. The Labute approximate surface area is 181 Å². The molecule has 1 saturated carbocycles. The van der Waals surface area contributed by atoms with Gasteiger partial charge in [0.05, 0.1) is 6.54 Å². The summed E-state index contributed by atoms with van der Waals surface area (Å²) in [6.45, 7) is 5.78. The fourth-order valence-corrected chi connectivity index (χ4v) is 5.37. The number of nitrogens with zero attached hydrogens (tertiary/aromatic N) is 2. The predicted octanol–water partition coefficient (Wildman–Crippen LogP) is 3.54. The van der Waals surface area contributed by atoms with Crippen LogP contribution in [0, 0.1) is 11.8 Å². The van der Waals surface area contributed by atoms with Crippen LogP contribution in [0.2, 0.25) is 0 Å². The Hall–Kier alpha value is -1.88. The molecule has 1 atom stereocenters. The smallest absolute Gasteiger partial charge is 0.244 e. The van der Waals surface area contributed by atoms with Gasteiger partial charge in [0.15, 0.2) is 0 Å². The third-order valence-electron chi connectivity index (χ3n) is 7.37. The summed E-state index contributed by atoms with van der Waals surface area (Å²) >= 11 is 0. The molecule has 4 rings (SSSR count). The number of nitrogens with one attached hydrogen (secondary N) is 1. The van der Waals surface area contributed by atoms with Crippen LogP contribution in [0.15, 0.2) is 24.3 Å². The lowest BCUT2D eigenvalue weighted by molar-refractivity contribution is -0.140. The molecule has 2 heterocycles. The average Bonchev–Trinajstić information content (AvgIpc) is 2.78. The molecule has 1 aromatic rings. The van der Waals surface area contributed by atoms with Crippen molar-refractivity contribution in [2.24, 2.45) is 11.8 Å². The summed E-state index contributed by atoms with van der Waals surface area (Å²) in [7, 11) is 0. The first-order valence-electron chi connectivity index (χ1n) is 12.0.